The van der Waals surface area contributed by atoms with Gasteiger partial charge < -0.3 is 14.1 Å². The van der Waals surface area contributed by atoms with Crippen molar-refractivity contribution in [2.24, 2.45) is 0 Å². The molecular formula is C43H43BCl2N2O2. The number of rotatable bonds is 7. The van der Waals surface area contributed by atoms with Crippen LogP contribution in [0.5, 0.6) is 5.75 Å². The van der Waals surface area contributed by atoms with E-state index in [-0.39, 0.29) is 5.31 Å². The Balaban J connectivity index is 0.000000175. The van der Waals surface area contributed by atoms with Gasteiger partial charge in [-0.25, -0.2) is 0 Å². The smallest absolute Gasteiger partial charge is 0.374 e. The molecule has 0 bridgehead atoms. The van der Waals surface area contributed by atoms with Crippen LogP contribution in [0.3, 0.4) is 0 Å². The van der Waals surface area contributed by atoms with Crippen LogP contribution in [0.1, 0.15) is 40.5 Å². The Kier molecular flexibility index (Phi) is 10.6. The number of hydrogen-bond donors (Lipinski definition) is 0. The summed E-state index contributed by atoms with van der Waals surface area (Å²) < 4.78 is 14.0. The first-order valence-corrected chi connectivity index (χ1v) is 18.0. The average molecular weight is 702 g/mol. The van der Waals surface area contributed by atoms with Gasteiger partial charge in [0.1, 0.15) is 6.54 Å². The number of oxazole rings is 1. The predicted octanol–water partition coefficient (Wildman–Crippen LogP) is 9.78. The normalized spacial score (nSPS) is 13.7. The van der Waals surface area contributed by atoms with Gasteiger partial charge in [-0.1, -0.05) is 135 Å². The number of aryl methyl sites for hydroxylation is 1. The van der Waals surface area contributed by atoms with E-state index in [9.17, 15) is 0 Å². The topological polar surface area (TPSA) is 29.5 Å². The van der Waals surface area contributed by atoms with E-state index in [1.165, 1.54) is 16.4 Å². The Labute approximate surface area is 306 Å². The summed E-state index contributed by atoms with van der Waals surface area (Å²) in [7, 11) is 0. The van der Waals surface area contributed by atoms with E-state index >= 15 is 0 Å². The zero-order chi connectivity index (χ0) is 35.3. The van der Waals surface area contributed by atoms with Crippen LogP contribution in [-0.2, 0) is 6.54 Å². The third-order valence-electron chi connectivity index (χ3n) is 9.69. The average Bonchev–Trinajstić information content (AvgIpc) is 3.65. The van der Waals surface area contributed by atoms with Gasteiger partial charge in [0.25, 0.3) is 5.52 Å². The molecule has 0 saturated heterocycles. The molecule has 7 rings (SSSR count). The van der Waals surface area contributed by atoms with Crippen LogP contribution in [0.4, 0.5) is 5.69 Å². The van der Waals surface area contributed by atoms with Gasteiger partial charge in [0, 0.05) is 22.7 Å². The summed E-state index contributed by atoms with van der Waals surface area (Å²) in [6, 6.07) is 44.2. The second kappa shape index (κ2) is 15.0. The fourth-order valence-corrected chi connectivity index (χ4v) is 7.90. The maximum atomic E-state index is 6.12. The summed E-state index contributed by atoms with van der Waals surface area (Å²) in [5.74, 6) is 2.32. The van der Waals surface area contributed by atoms with Crippen LogP contribution in [0.2, 0.25) is 15.4 Å². The van der Waals surface area contributed by atoms with Crippen LogP contribution in [0.15, 0.2) is 150 Å². The molecule has 2 heterocycles. The summed E-state index contributed by atoms with van der Waals surface area (Å²) in [6.07, 6.45) is 4.73. The highest BCUT2D eigenvalue weighted by molar-refractivity contribution is 7.13. The summed E-state index contributed by atoms with van der Waals surface area (Å²) in [5.41, 5.74) is 6.97. The van der Waals surface area contributed by atoms with E-state index in [2.05, 4.69) is 135 Å². The zero-order valence-electron chi connectivity index (χ0n) is 29.3. The summed E-state index contributed by atoms with van der Waals surface area (Å²) in [6.45, 7) is 12.8. The maximum Gasteiger partial charge on any atom is 0.374 e. The highest BCUT2D eigenvalue weighted by atomic mass is 35.5. The minimum Gasteiger partial charge on any atom is -0.439 e. The maximum absolute atomic E-state index is 6.12. The molecule has 254 valence electrons. The molecule has 0 atom stereocenters. The van der Waals surface area contributed by atoms with E-state index < -0.39 is 6.15 Å². The van der Waals surface area contributed by atoms with Gasteiger partial charge in [-0.05, 0) is 56.3 Å². The van der Waals surface area contributed by atoms with Gasteiger partial charge >= 0.3 is 5.89 Å². The molecule has 0 fully saturated rings. The van der Waals surface area contributed by atoms with Gasteiger partial charge in [0.2, 0.25) is 11.5 Å². The second-order valence-corrected chi connectivity index (χ2v) is 14.5. The number of hydrogen-bond acceptors (Lipinski definition) is 3. The molecule has 1 aromatic heterocycles. The lowest BCUT2D eigenvalue weighted by Gasteiger charge is -2.54. The Morgan fingerprint density at radius 2 is 1.26 bits per heavy atom. The first kappa shape index (κ1) is 35.1. The van der Waals surface area contributed by atoms with Gasteiger partial charge in [-0.2, -0.15) is 21.0 Å². The van der Waals surface area contributed by atoms with Gasteiger partial charge in [0.05, 0.1) is 17.9 Å². The van der Waals surface area contributed by atoms with Crippen LogP contribution in [0.25, 0.3) is 17.2 Å². The Hall–Kier alpha value is -4.71. The highest BCUT2D eigenvalue weighted by Gasteiger charge is 2.39. The van der Waals surface area contributed by atoms with Crippen molar-refractivity contribution >= 4 is 68.6 Å². The lowest BCUT2D eigenvalue weighted by molar-refractivity contribution is -0.674. The largest absolute Gasteiger partial charge is 0.439 e. The minimum absolute atomic E-state index is 0.0874. The van der Waals surface area contributed by atoms with Crippen molar-refractivity contribution < 1.29 is 13.7 Å². The van der Waals surface area contributed by atoms with Gasteiger partial charge in [-0.15, -0.1) is 5.31 Å². The lowest BCUT2D eigenvalue weighted by atomic mass is 9.07. The van der Waals surface area contributed by atoms with Crippen molar-refractivity contribution in [3.63, 3.8) is 0 Å². The van der Waals surface area contributed by atoms with Crippen molar-refractivity contribution in [2.45, 2.75) is 46.5 Å². The summed E-state index contributed by atoms with van der Waals surface area (Å²) >= 11 is 12.2. The fourth-order valence-electron chi connectivity index (χ4n) is 7.56. The van der Waals surface area contributed by atoms with Crippen molar-refractivity contribution in [3.05, 3.63) is 161 Å². The fraction of sp³-hybridized carbons (Fsp3) is 0.186. The number of aromatic nitrogens is 1. The SMILES string of the molecule is CC(C)(C)[B-](c1ccccc1)(c1ccccc1)c1ccccc1.CCN1/C(=C/C=C/c2oc3ccc(Cl)cc3[n+]2CC)Oc2ccc(Cl)cc21. The molecule has 0 unspecified atom stereocenters. The zero-order valence-corrected chi connectivity index (χ0v) is 30.8. The van der Waals surface area contributed by atoms with Crippen LogP contribution in [0, 0.1) is 0 Å². The van der Waals surface area contributed by atoms with E-state index in [0.717, 1.165) is 47.4 Å². The van der Waals surface area contributed by atoms with Gasteiger partial charge in [-0.3, -0.25) is 0 Å². The number of fused-ring (bicyclic) bond motifs is 2. The Bertz CT molecular complexity index is 2020. The second-order valence-electron chi connectivity index (χ2n) is 13.6. The number of ether oxygens (including phenoxy) is 1. The Morgan fingerprint density at radius 3 is 1.78 bits per heavy atom. The molecular weight excluding hydrogens is 658 g/mol. The third kappa shape index (κ3) is 6.85. The molecule has 4 nitrogen and oxygen atoms in total. The molecule has 0 amide bonds. The summed E-state index contributed by atoms with van der Waals surface area (Å²) in [4.78, 5) is 2.08. The molecule has 6 aromatic rings. The van der Waals surface area contributed by atoms with Crippen molar-refractivity contribution in [3.8, 4) is 5.75 Å². The number of allylic oxidation sites excluding steroid dienone is 2. The number of halogens is 2. The van der Waals surface area contributed by atoms with Crippen LogP contribution >= 0.6 is 23.2 Å². The quantitative estimate of drug-likeness (QED) is 0.123. The highest BCUT2D eigenvalue weighted by Crippen LogP contribution is 2.40. The van der Waals surface area contributed by atoms with Crippen molar-refractivity contribution in [1.82, 2.24) is 0 Å². The molecule has 0 spiro atoms. The third-order valence-corrected chi connectivity index (χ3v) is 10.2. The molecule has 0 saturated carbocycles. The molecule has 0 aliphatic carbocycles. The van der Waals surface area contributed by atoms with Crippen LogP contribution in [-0.4, -0.2) is 12.7 Å². The monoisotopic (exact) mass is 700 g/mol. The first-order chi connectivity index (χ1) is 24.2. The van der Waals surface area contributed by atoms with E-state index in [4.69, 9.17) is 32.4 Å². The van der Waals surface area contributed by atoms with Crippen LogP contribution < -0.4 is 30.6 Å². The number of anilines is 1. The molecule has 1 aliphatic heterocycles. The lowest BCUT2D eigenvalue weighted by Crippen LogP contribution is -2.72. The molecule has 1 aliphatic rings. The first-order valence-electron chi connectivity index (χ1n) is 17.2. The standard InChI is InChI=1S/C22H24B.C21H19Cl2N2O2/c1-22(2,3)23(19-13-7-4-8-14-19,20-15-9-5-10-16-20)21-17-11-6-12-18-21;1-3-24-16-12-14(22)8-10-18(16)26-20(24)6-5-7-21-25(4-2)17-13-15(23)9-11-19(17)27-21/h4-18H,1-3H3;5-13H,3-4H2,1-2H3/q-1;+1. The number of nitrogens with zero attached hydrogens (tertiary/aromatic N) is 2. The van der Waals surface area contributed by atoms with E-state index in [1.807, 2.05) is 54.6 Å². The van der Waals surface area contributed by atoms with Gasteiger partial charge in [0.15, 0.2) is 5.75 Å². The van der Waals surface area contributed by atoms with Crippen molar-refractivity contribution in [1.29, 1.82) is 0 Å². The summed E-state index contributed by atoms with van der Waals surface area (Å²) in [5, 5.41) is 1.47. The number of benzene rings is 5. The van der Waals surface area contributed by atoms with E-state index in [1.54, 1.807) is 0 Å². The molecule has 0 radical (unpaired) electrons. The van der Waals surface area contributed by atoms with Crippen molar-refractivity contribution in [2.75, 3.05) is 11.4 Å². The minimum atomic E-state index is -1.06. The van der Waals surface area contributed by atoms with E-state index in [0.29, 0.717) is 10.0 Å². The molecule has 7 heteroatoms. The molecule has 0 N–H and O–H groups in total. The predicted molar refractivity (Wildman–Crippen MR) is 213 cm³/mol. The molecule has 5 aromatic carbocycles. The Morgan fingerprint density at radius 1 is 0.720 bits per heavy atom. The molecule has 50 heavy (non-hydrogen) atoms.